The number of hydrogen-bond donors (Lipinski definition) is 1. The maximum atomic E-state index is 13.9. The number of anilines is 1. The van der Waals surface area contributed by atoms with Gasteiger partial charge in [-0.3, -0.25) is 19.5 Å². The largest absolute Gasteiger partial charge is 0.573 e. The van der Waals surface area contributed by atoms with Gasteiger partial charge < -0.3 is 14.8 Å². The van der Waals surface area contributed by atoms with Crippen molar-refractivity contribution in [1.29, 1.82) is 0 Å². The number of pyridine rings is 2. The third-order valence-corrected chi connectivity index (χ3v) is 5.51. The molecule has 0 unspecified atom stereocenters. The molecule has 3 heterocycles. The van der Waals surface area contributed by atoms with E-state index in [0.29, 0.717) is 37.6 Å². The van der Waals surface area contributed by atoms with Gasteiger partial charge in [0.05, 0.1) is 31.9 Å². The summed E-state index contributed by atoms with van der Waals surface area (Å²) in [6.45, 7) is 1.87. The van der Waals surface area contributed by atoms with Crippen molar-refractivity contribution in [2.45, 2.75) is 12.8 Å². The van der Waals surface area contributed by atoms with Crippen LogP contribution in [0.4, 0.5) is 23.2 Å². The van der Waals surface area contributed by atoms with Crippen LogP contribution in [0.3, 0.4) is 0 Å². The highest BCUT2D eigenvalue weighted by Gasteiger charge is 2.32. The van der Waals surface area contributed by atoms with Crippen molar-refractivity contribution in [1.82, 2.24) is 14.9 Å². The van der Waals surface area contributed by atoms with Crippen LogP contribution in [-0.2, 0) is 16.0 Å². The van der Waals surface area contributed by atoms with E-state index in [1.54, 1.807) is 29.2 Å². The van der Waals surface area contributed by atoms with E-state index in [1.165, 1.54) is 18.5 Å². The van der Waals surface area contributed by atoms with Crippen molar-refractivity contribution in [3.63, 3.8) is 0 Å². The summed E-state index contributed by atoms with van der Waals surface area (Å²) in [6.07, 6.45) is -2.44. The van der Waals surface area contributed by atoms with Gasteiger partial charge in [0.2, 0.25) is 11.9 Å². The number of carbonyl (C=O) groups is 2. The molecule has 0 saturated carbocycles. The summed E-state index contributed by atoms with van der Waals surface area (Å²) in [5, 5.41) is 2.41. The van der Waals surface area contributed by atoms with E-state index in [-0.39, 0.29) is 29.8 Å². The second kappa shape index (κ2) is 11.4. The average molecular weight is 518 g/mol. The summed E-state index contributed by atoms with van der Waals surface area (Å²) < 4.78 is 61.8. The molecule has 1 saturated heterocycles. The number of nitrogens with zero attached hydrogens (tertiary/aromatic N) is 3. The van der Waals surface area contributed by atoms with E-state index in [1.807, 2.05) is 0 Å². The van der Waals surface area contributed by atoms with E-state index >= 15 is 0 Å². The number of nitrogens with one attached hydrogen (secondary N) is 1. The van der Waals surface area contributed by atoms with Gasteiger partial charge in [-0.2, -0.15) is 4.39 Å². The minimum Gasteiger partial charge on any atom is -0.404 e. The zero-order valence-corrected chi connectivity index (χ0v) is 19.4. The maximum Gasteiger partial charge on any atom is 0.573 e. The molecule has 0 atom stereocenters. The van der Waals surface area contributed by atoms with Gasteiger partial charge in [0.1, 0.15) is 0 Å². The molecular weight excluding hydrogens is 496 g/mol. The van der Waals surface area contributed by atoms with E-state index in [2.05, 4.69) is 20.0 Å². The number of benzene rings is 1. The number of ether oxygens (including phenoxy) is 2. The first-order valence-electron chi connectivity index (χ1n) is 11.3. The summed E-state index contributed by atoms with van der Waals surface area (Å²) >= 11 is 0. The molecule has 12 heteroatoms. The maximum absolute atomic E-state index is 13.9. The lowest BCUT2D eigenvalue weighted by Gasteiger charge is -2.26. The molecule has 2 aromatic heterocycles. The Morgan fingerprint density at radius 3 is 2.54 bits per heavy atom. The molecule has 0 spiro atoms. The predicted octanol–water partition coefficient (Wildman–Crippen LogP) is 3.88. The number of aromatic nitrogens is 2. The van der Waals surface area contributed by atoms with Crippen LogP contribution < -0.4 is 10.1 Å². The summed E-state index contributed by atoms with van der Waals surface area (Å²) in [6, 6.07) is 9.56. The van der Waals surface area contributed by atoms with Crippen molar-refractivity contribution >= 4 is 17.4 Å². The minimum atomic E-state index is -4.99. The predicted molar refractivity (Wildman–Crippen MR) is 124 cm³/mol. The van der Waals surface area contributed by atoms with Crippen LogP contribution in [0.15, 0.2) is 54.9 Å². The Hall–Kier alpha value is -3.90. The van der Waals surface area contributed by atoms with E-state index < -0.39 is 29.7 Å². The highest BCUT2D eigenvalue weighted by molar-refractivity contribution is 6.00. The Morgan fingerprint density at radius 2 is 1.86 bits per heavy atom. The van der Waals surface area contributed by atoms with Crippen LogP contribution >= 0.6 is 0 Å². The molecule has 1 amide bonds. The number of Topliss-reactive ketones (excluding diaryl/α,β-unsaturated/α-hetero) is 1. The van der Waals surface area contributed by atoms with Crippen LogP contribution in [0.25, 0.3) is 11.1 Å². The van der Waals surface area contributed by atoms with Crippen LogP contribution in [0.5, 0.6) is 5.75 Å². The topological polar surface area (TPSA) is 93.7 Å². The van der Waals surface area contributed by atoms with Gasteiger partial charge in [-0.1, -0.05) is 6.07 Å². The zero-order chi connectivity index (χ0) is 26.4. The lowest BCUT2D eigenvalue weighted by Crippen LogP contribution is -2.41. The fraction of sp³-hybridized carbons (Fsp3) is 0.280. The molecule has 4 rings (SSSR count). The minimum absolute atomic E-state index is 0.0548. The first kappa shape index (κ1) is 26.2. The highest BCUT2D eigenvalue weighted by Crippen LogP contribution is 2.32. The Labute approximate surface area is 209 Å². The number of hydrogen-bond acceptors (Lipinski definition) is 7. The fourth-order valence-electron chi connectivity index (χ4n) is 3.72. The monoisotopic (exact) mass is 518 g/mol. The van der Waals surface area contributed by atoms with Crippen LogP contribution in [-0.4, -0.2) is 65.8 Å². The van der Waals surface area contributed by atoms with Gasteiger partial charge in [-0.05, 0) is 36.4 Å². The lowest BCUT2D eigenvalue weighted by atomic mass is 10.0. The Morgan fingerprint density at radius 1 is 1.08 bits per heavy atom. The van der Waals surface area contributed by atoms with Crippen LogP contribution in [0.1, 0.15) is 16.1 Å². The van der Waals surface area contributed by atoms with Crippen molar-refractivity contribution < 1.29 is 36.6 Å². The van der Waals surface area contributed by atoms with Crippen molar-refractivity contribution in [3.8, 4) is 16.9 Å². The molecule has 1 aromatic carbocycles. The third-order valence-electron chi connectivity index (χ3n) is 5.51. The van der Waals surface area contributed by atoms with E-state index in [4.69, 9.17) is 4.74 Å². The van der Waals surface area contributed by atoms with Gasteiger partial charge in [-0.25, -0.2) is 4.98 Å². The Bertz CT molecular complexity index is 1260. The summed E-state index contributed by atoms with van der Waals surface area (Å²) in [4.78, 5) is 34.9. The van der Waals surface area contributed by atoms with Crippen molar-refractivity contribution in [2.75, 3.05) is 38.2 Å². The molecule has 3 aromatic rings. The number of ketones is 1. The molecule has 1 N–H and O–H groups in total. The van der Waals surface area contributed by atoms with E-state index in [0.717, 1.165) is 12.1 Å². The van der Waals surface area contributed by atoms with Gasteiger partial charge in [-0.15, -0.1) is 13.2 Å². The molecule has 1 aliphatic heterocycles. The molecule has 194 valence electrons. The second-order valence-electron chi connectivity index (χ2n) is 8.18. The normalized spacial score (nSPS) is 14.3. The number of halogens is 4. The Kier molecular flexibility index (Phi) is 8.09. The van der Waals surface area contributed by atoms with E-state index in [9.17, 15) is 27.2 Å². The van der Waals surface area contributed by atoms with Gasteiger partial charge in [0.25, 0.3) is 0 Å². The third kappa shape index (κ3) is 7.30. The quantitative estimate of drug-likeness (QED) is 0.275. The van der Waals surface area contributed by atoms with Gasteiger partial charge in [0, 0.05) is 47.9 Å². The summed E-state index contributed by atoms with van der Waals surface area (Å²) in [7, 11) is 0. The zero-order valence-electron chi connectivity index (χ0n) is 19.4. The molecule has 0 radical (unpaired) electrons. The highest BCUT2D eigenvalue weighted by atomic mass is 19.4. The Balaban J connectivity index is 1.49. The number of alkyl halides is 3. The molecule has 1 fully saturated rings. The number of rotatable bonds is 8. The van der Waals surface area contributed by atoms with Gasteiger partial charge >= 0.3 is 6.36 Å². The molecular formula is C25H22F4N4O4. The van der Waals surface area contributed by atoms with Crippen LogP contribution in [0.2, 0.25) is 0 Å². The standard InChI is InChI=1S/C25H22F4N4O4/c26-24-19(2-1-7-30-24)17-3-5-18(31-14-17)13-21(34)16-4-6-22(37-25(27,28)29)20(12-16)32-23(35)15-33-8-10-36-11-9-33/h1-7,12,14H,8-11,13,15H2,(H,32,35). The first-order chi connectivity index (χ1) is 17.7. The van der Waals surface area contributed by atoms with Crippen molar-refractivity contribution in [2.24, 2.45) is 0 Å². The fourth-order valence-corrected chi connectivity index (χ4v) is 3.72. The average Bonchev–Trinajstić information content (AvgIpc) is 2.86. The summed E-state index contributed by atoms with van der Waals surface area (Å²) in [5.74, 6) is -2.30. The smallest absolute Gasteiger partial charge is 0.404 e. The second-order valence-corrected chi connectivity index (χ2v) is 8.18. The first-order valence-corrected chi connectivity index (χ1v) is 11.3. The molecule has 1 aliphatic rings. The van der Waals surface area contributed by atoms with Crippen molar-refractivity contribution in [3.05, 3.63) is 72.1 Å². The van der Waals surface area contributed by atoms with Crippen LogP contribution in [0, 0.1) is 5.95 Å². The lowest BCUT2D eigenvalue weighted by molar-refractivity contribution is -0.274. The SMILES string of the molecule is O=C(CN1CCOCC1)Nc1cc(C(=O)Cc2ccc(-c3cccnc3F)cn2)ccc1OC(F)(F)F. The van der Waals surface area contributed by atoms with Gasteiger partial charge in [0.15, 0.2) is 11.5 Å². The number of amides is 1. The molecule has 0 aliphatic carbocycles. The molecule has 37 heavy (non-hydrogen) atoms. The summed E-state index contributed by atoms with van der Waals surface area (Å²) in [5.41, 5.74) is 0.870. The number of carbonyl (C=O) groups excluding carboxylic acids is 2. The number of morpholine rings is 1. The molecule has 0 bridgehead atoms. The molecule has 8 nitrogen and oxygen atoms in total.